The predicted octanol–water partition coefficient (Wildman–Crippen LogP) is 3.19. The van der Waals surface area contributed by atoms with Crippen LogP contribution in [0.5, 0.6) is 0 Å². The summed E-state index contributed by atoms with van der Waals surface area (Å²) in [6, 6.07) is 1.87. The SMILES string of the molecule is CCCCCC(C)(CC)c1nnc(C#N)o1. The van der Waals surface area contributed by atoms with Crippen LogP contribution in [0.3, 0.4) is 0 Å². The van der Waals surface area contributed by atoms with Crippen molar-refractivity contribution in [2.45, 2.75) is 58.3 Å². The van der Waals surface area contributed by atoms with E-state index in [0.29, 0.717) is 5.89 Å². The molecule has 1 atom stereocenters. The van der Waals surface area contributed by atoms with Crippen molar-refractivity contribution in [2.24, 2.45) is 0 Å². The van der Waals surface area contributed by atoms with Crippen molar-refractivity contribution >= 4 is 0 Å². The van der Waals surface area contributed by atoms with Crippen LogP contribution in [0.1, 0.15) is 64.7 Å². The van der Waals surface area contributed by atoms with Gasteiger partial charge in [-0.15, -0.1) is 5.10 Å². The molecule has 1 heterocycles. The highest BCUT2D eigenvalue weighted by Gasteiger charge is 2.30. The number of hydrogen-bond donors (Lipinski definition) is 0. The maximum absolute atomic E-state index is 8.66. The Bertz CT molecular complexity index is 367. The van der Waals surface area contributed by atoms with Gasteiger partial charge in [-0.1, -0.05) is 45.1 Å². The van der Waals surface area contributed by atoms with Crippen molar-refractivity contribution in [2.75, 3.05) is 0 Å². The van der Waals surface area contributed by atoms with Crippen molar-refractivity contribution in [3.8, 4) is 6.07 Å². The Morgan fingerprint density at radius 3 is 2.56 bits per heavy atom. The Balaban J connectivity index is 2.75. The Kier molecular flexibility index (Phi) is 4.48. The van der Waals surface area contributed by atoms with Crippen molar-refractivity contribution < 1.29 is 4.42 Å². The van der Waals surface area contributed by atoms with Gasteiger partial charge in [0, 0.05) is 5.41 Å². The number of aromatic nitrogens is 2. The zero-order chi connectivity index (χ0) is 12.0. The number of nitrogens with zero attached hydrogens (tertiary/aromatic N) is 3. The molecule has 1 aromatic heterocycles. The minimum atomic E-state index is -0.0860. The van der Waals surface area contributed by atoms with Gasteiger partial charge in [-0.25, -0.2) is 0 Å². The molecule has 0 aliphatic heterocycles. The summed E-state index contributed by atoms with van der Waals surface area (Å²) in [6.07, 6.45) is 5.56. The molecule has 1 aromatic rings. The molecule has 4 heteroatoms. The van der Waals surface area contributed by atoms with Crippen LogP contribution in [0, 0.1) is 11.3 Å². The Hall–Kier alpha value is -1.37. The first-order valence-electron chi connectivity index (χ1n) is 5.90. The molecular weight excluding hydrogens is 202 g/mol. The first kappa shape index (κ1) is 12.7. The van der Waals surface area contributed by atoms with Gasteiger partial charge >= 0.3 is 5.89 Å². The summed E-state index contributed by atoms with van der Waals surface area (Å²) in [7, 11) is 0. The van der Waals surface area contributed by atoms with E-state index in [1.165, 1.54) is 12.8 Å². The van der Waals surface area contributed by atoms with E-state index < -0.39 is 0 Å². The number of unbranched alkanes of at least 4 members (excludes halogenated alkanes) is 2. The molecule has 0 spiro atoms. The van der Waals surface area contributed by atoms with Crippen LogP contribution < -0.4 is 0 Å². The molecule has 16 heavy (non-hydrogen) atoms. The van der Waals surface area contributed by atoms with E-state index >= 15 is 0 Å². The van der Waals surface area contributed by atoms with E-state index in [2.05, 4.69) is 31.0 Å². The van der Waals surface area contributed by atoms with Crippen LogP contribution in [0.25, 0.3) is 0 Å². The molecule has 0 saturated heterocycles. The molecule has 0 bridgehead atoms. The average molecular weight is 221 g/mol. The predicted molar refractivity (Wildman–Crippen MR) is 60.8 cm³/mol. The topological polar surface area (TPSA) is 62.7 Å². The summed E-state index contributed by atoms with van der Waals surface area (Å²) >= 11 is 0. The Labute approximate surface area is 96.7 Å². The lowest BCUT2D eigenvalue weighted by Gasteiger charge is -2.23. The minimum Gasteiger partial charge on any atom is -0.412 e. The van der Waals surface area contributed by atoms with Crippen LogP contribution >= 0.6 is 0 Å². The zero-order valence-electron chi connectivity index (χ0n) is 10.3. The maximum atomic E-state index is 8.66. The highest BCUT2D eigenvalue weighted by Crippen LogP contribution is 2.32. The molecule has 0 aliphatic rings. The van der Waals surface area contributed by atoms with Gasteiger partial charge in [-0.3, -0.25) is 0 Å². The largest absolute Gasteiger partial charge is 0.412 e. The van der Waals surface area contributed by atoms with Crippen molar-refractivity contribution in [3.63, 3.8) is 0 Å². The number of rotatable bonds is 6. The second-order valence-electron chi connectivity index (χ2n) is 4.40. The van der Waals surface area contributed by atoms with Crippen molar-refractivity contribution in [1.82, 2.24) is 10.2 Å². The van der Waals surface area contributed by atoms with Gasteiger partial charge in [0.1, 0.15) is 0 Å². The van der Waals surface area contributed by atoms with Crippen LogP contribution in [-0.2, 0) is 5.41 Å². The highest BCUT2D eigenvalue weighted by molar-refractivity contribution is 5.07. The van der Waals surface area contributed by atoms with Gasteiger partial charge in [-0.05, 0) is 12.8 Å². The fraction of sp³-hybridized carbons (Fsp3) is 0.750. The normalized spacial score (nSPS) is 14.4. The molecular formula is C12H19N3O. The lowest BCUT2D eigenvalue weighted by Crippen LogP contribution is -2.21. The smallest absolute Gasteiger partial charge is 0.321 e. The van der Waals surface area contributed by atoms with Crippen LogP contribution in [0.2, 0.25) is 0 Å². The summed E-state index contributed by atoms with van der Waals surface area (Å²) in [5.74, 6) is 0.660. The summed E-state index contributed by atoms with van der Waals surface area (Å²) in [4.78, 5) is 0. The monoisotopic (exact) mass is 221 g/mol. The van der Waals surface area contributed by atoms with Crippen molar-refractivity contribution in [1.29, 1.82) is 5.26 Å². The highest BCUT2D eigenvalue weighted by atomic mass is 16.4. The lowest BCUT2D eigenvalue weighted by molar-refractivity contribution is 0.303. The quantitative estimate of drug-likeness (QED) is 0.692. The third kappa shape index (κ3) is 2.82. The van der Waals surface area contributed by atoms with Gasteiger partial charge in [0.05, 0.1) is 0 Å². The molecule has 0 fully saturated rings. The summed E-state index contributed by atoms with van der Waals surface area (Å²) in [6.45, 7) is 6.42. The fourth-order valence-electron chi connectivity index (χ4n) is 1.71. The first-order chi connectivity index (χ1) is 7.66. The maximum Gasteiger partial charge on any atom is 0.321 e. The minimum absolute atomic E-state index is 0.0603. The van der Waals surface area contributed by atoms with Gasteiger partial charge in [-0.2, -0.15) is 5.26 Å². The third-order valence-corrected chi connectivity index (χ3v) is 3.15. The molecule has 0 aromatic carbocycles. The Morgan fingerprint density at radius 2 is 2.06 bits per heavy atom. The standard InChI is InChI=1S/C12H19N3O/c1-4-6-7-8-12(3,5-2)11-15-14-10(9-13)16-11/h4-8H2,1-3H3. The molecule has 0 amide bonds. The molecule has 1 rings (SSSR count). The van der Waals surface area contributed by atoms with Crippen molar-refractivity contribution in [3.05, 3.63) is 11.8 Å². The van der Waals surface area contributed by atoms with E-state index in [1.807, 2.05) is 6.07 Å². The summed E-state index contributed by atoms with van der Waals surface area (Å²) in [5.41, 5.74) is -0.0860. The molecule has 0 aliphatic carbocycles. The van der Waals surface area contributed by atoms with Gasteiger partial charge in [0.25, 0.3) is 0 Å². The van der Waals surface area contributed by atoms with Gasteiger partial charge < -0.3 is 4.42 Å². The fourth-order valence-corrected chi connectivity index (χ4v) is 1.71. The van der Waals surface area contributed by atoms with E-state index in [0.717, 1.165) is 19.3 Å². The molecule has 0 radical (unpaired) electrons. The van der Waals surface area contributed by atoms with Crippen LogP contribution in [0.4, 0.5) is 0 Å². The molecule has 0 N–H and O–H groups in total. The van der Waals surface area contributed by atoms with Crippen LogP contribution in [-0.4, -0.2) is 10.2 Å². The third-order valence-electron chi connectivity index (χ3n) is 3.15. The zero-order valence-corrected chi connectivity index (χ0v) is 10.3. The first-order valence-corrected chi connectivity index (χ1v) is 5.90. The van der Waals surface area contributed by atoms with E-state index in [1.54, 1.807) is 0 Å². The second kappa shape index (κ2) is 5.64. The summed E-state index contributed by atoms with van der Waals surface area (Å²) in [5, 5.41) is 16.3. The average Bonchev–Trinajstić information content (AvgIpc) is 2.78. The van der Waals surface area contributed by atoms with Gasteiger partial charge in [0.2, 0.25) is 5.89 Å². The van der Waals surface area contributed by atoms with Gasteiger partial charge in [0.15, 0.2) is 6.07 Å². The Morgan fingerprint density at radius 1 is 1.31 bits per heavy atom. The number of nitriles is 1. The second-order valence-corrected chi connectivity index (χ2v) is 4.40. The van der Waals surface area contributed by atoms with Crippen LogP contribution in [0.15, 0.2) is 4.42 Å². The van der Waals surface area contributed by atoms with E-state index in [9.17, 15) is 0 Å². The lowest BCUT2D eigenvalue weighted by atomic mass is 9.82. The molecule has 88 valence electrons. The van der Waals surface area contributed by atoms with E-state index in [4.69, 9.17) is 9.68 Å². The van der Waals surface area contributed by atoms with E-state index in [-0.39, 0.29) is 11.3 Å². The molecule has 1 unspecified atom stereocenters. The molecule has 0 saturated carbocycles. The summed E-state index contributed by atoms with van der Waals surface area (Å²) < 4.78 is 5.34. The number of hydrogen-bond acceptors (Lipinski definition) is 4. The molecule has 4 nitrogen and oxygen atoms in total.